The molecule has 0 aromatic carbocycles. The number of imide groups is 2. The molecule has 2 rings (SSSR count). The minimum absolute atomic E-state index is 0.0545. The summed E-state index contributed by atoms with van der Waals surface area (Å²) < 4.78 is 0. The molecule has 2 heterocycles. The lowest BCUT2D eigenvalue weighted by Gasteiger charge is -2.20. The van der Waals surface area contributed by atoms with Gasteiger partial charge in [-0.1, -0.05) is 21.6 Å². The molecule has 0 bridgehead atoms. The first-order chi connectivity index (χ1) is 17.0. The molecule has 198 valence electrons. The van der Waals surface area contributed by atoms with Crippen molar-refractivity contribution in [2.75, 3.05) is 11.5 Å². The Bertz CT molecular complexity index is 837. The first-order valence-corrected chi connectivity index (χ1v) is 13.4. The number of nitrogens with zero attached hydrogens (tertiary/aromatic N) is 2. The van der Waals surface area contributed by atoms with Crippen LogP contribution in [0.15, 0.2) is 0 Å². The van der Waals surface area contributed by atoms with Crippen LogP contribution >= 0.6 is 21.6 Å². The molecule has 0 saturated carbocycles. The third kappa shape index (κ3) is 8.82. The van der Waals surface area contributed by atoms with Gasteiger partial charge in [-0.05, 0) is 12.8 Å². The Morgan fingerprint density at radius 1 is 0.694 bits per heavy atom. The number of hydrogen-bond donors (Lipinski definition) is 2. The molecule has 2 fully saturated rings. The van der Waals surface area contributed by atoms with Crippen LogP contribution in [-0.2, 0) is 48.0 Å². The zero-order valence-corrected chi connectivity index (χ0v) is 21.2. The van der Waals surface area contributed by atoms with E-state index in [2.05, 4.69) is 10.6 Å². The van der Waals surface area contributed by atoms with E-state index in [4.69, 9.17) is 9.68 Å². The highest BCUT2D eigenvalue weighted by molar-refractivity contribution is 8.76. The Labute approximate surface area is 213 Å². The summed E-state index contributed by atoms with van der Waals surface area (Å²) in [4.78, 5) is 104. The average Bonchev–Trinajstić information content (AvgIpc) is 3.29. The Balaban J connectivity index is 1.79. The molecule has 0 aliphatic carbocycles. The molecular formula is C20H26N4O10S2. The van der Waals surface area contributed by atoms with Crippen LogP contribution < -0.4 is 10.6 Å². The topological polar surface area (TPSA) is 186 Å². The van der Waals surface area contributed by atoms with Gasteiger partial charge in [-0.3, -0.25) is 28.8 Å². The van der Waals surface area contributed by atoms with Crippen LogP contribution in [0.1, 0.15) is 52.4 Å². The van der Waals surface area contributed by atoms with Crippen molar-refractivity contribution < 1.29 is 48.0 Å². The van der Waals surface area contributed by atoms with Crippen LogP contribution in [0.2, 0.25) is 0 Å². The van der Waals surface area contributed by atoms with Gasteiger partial charge in [-0.2, -0.15) is 0 Å². The summed E-state index contributed by atoms with van der Waals surface area (Å²) in [6.07, 6.45) is 0.0373. The zero-order chi connectivity index (χ0) is 26.8. The highest BCUT2D eigenvalue weighted by atomic mass is 33.1. The molecule has 14 nitrogen and oxygen atoms in total. The van der Waals surface area contributed by atoms with Gasteiger partial charge in [0, 0.05) is 51.0 Å². The maximum Gasteiger partial charge on any atom is 0.355 e. The number of nitrogens with one attached hydrogen (secondary N) is 2. The molecule has 2 atom stereocenters. The minimum atomic E-state index is -1.09. The molecule has 2 aliphatic heterocycles. The van der Waals surface area contributed by atoms with E-state index in [0.29, 0.717) is 21.6 Å². The molecular weight excluding hydrogens is 520 g/mol. The van der Waals surface area contributed by atoms with E-state index in [0.717, 1.165) is 0 Å². The van der Waals surface area contributed by atoms with Crippen molar-refractivity contribution in [3.63, 3.8) is 0 Å². The molecule has 2 aliphatic rings. The average molecular weight is 547 g/mol. The first kappa shape index (κ1) is 29.1. The molecule has 2 saturated heterocycles. The van der Waals surface area contributed by atoms with Gasteiger partial charge >= 0.3 is 11.9 Å². The second kappa shape index (κ2) is 13.8. The van der Waals surface area contributed by atoms with Crippen molar-refractivity contribution >= 4 is 69.0 Å². The third-order valence-electron chi connectivity index (χ3n) is 4.76. The predicted octanol–water partition coefficient (Wildman–Crippen LogP) is -0.628. The van der Waals surface area contributed by atoms with Crippen LogP contribution in [0.3, 0.4) is 0 Å². The standard InChI is InChI=1S/C20H26N4O10S2/c1-11(25)21-13(19(31)33-23-15(27)3-4-16(23)28)7-9-35-36-10-8-14(22-12(2)26)20(32)34-24-17(29)5-6-18(24)30/h13-14H,3-10H2,1-2H3,(H,21,25)(H,22,26)/t13-,14-/m1/s1. The first-order valence-electron chi connectivity index (χ1n) is 10.9. The fourth-order valence-corrected chi connectivity index (χ4v) is 5.25. The summed E-state index contributed by atoms with van der Waals surface area (Å²) in [7, 11) is 2.61. The van der Waals surface area contributed by atoms with Crippen LogP contribution in [-0.4, -0.2) is 81.1 Å². The fourth-order valence-electron chi connectivity index (χ4n) is 3.06. The quantitative estimate of drug-likeness (QED) is 0.170. The van der Waals surface area contributed by atoms with Crippen molar-refractivity contribution in [1.29, 1.82) is 0 Å². The third-order valence-corrected chi connectivity index (χ3v) is 7.23. The minimum Gasteiger partial charge on any atom is -0.343 e. The monoisotopic (exact) mass is 546 g/mol. The van der Waals surface area contributed by atoms with Gasteiger partial charge in [0.25, 0.3) is 23.6 Å². The Morgan fingerprint density at radius 3 is 1.28 bits per heavy atom. The van der Waals surface area contributed by atoms with E-state index in [1.807, 2.05) is 0 Å². The number of hydrogen-bond acceptors (Lipinski definition) is 12. The van der Waals surface area contributed by atoms with E-state index < -0.39 is 59.5 Å². The van der Waals surface area contributed by atoms with Crippen molar-refractivity contribution in [2.45, 2.75) is 64.5 Å². The smallest absolute Gasteiger partial charge is 0.343 e. The van der Waals surface area contributed by atoms with Crippen LogP contribution in [0, 0.1) is 0 Å². The van der Waals surface area contributed by atoms with Gasteiger partial charge in [-0.15, -0.1) is 10.1 Å². The molecule has 16 heteroatoms. The van der Waals surface area contributed by atoms with Gasteiger partial charge in [-0.25, -0.2) is 9.59 Å². The van der Waals surface area contributed by atoms with Gasteiger partial charge in [0.15, 0.2) is 0 Å². The van der Waals surface area contributed by atoms with Gasteiger partial charge in [0.05, 0.1) is 0 Å². The summed E-state index contributed by atoms with van der Waals surface area (Å²) in [5.41, 5.74) is 0. The number of amides is 6. The maximum absolute atomic E-state index is 12.4. The molecule has 36 heavy (non-hydrogen) atoms. The Hall–Kier alpha value is -3.14. The van der Waals surface area contributed by atoms with Crippen molar-refractivity contribution in [3.05, 3.63) is 0 Å². The number of carbonyl (C=O) groups is 8. The lowest BCUT2D eigenvalue weighted by Crippen LogP contribution is -2.45. The summed E-state index contributed by atoms with van der Waals surface area (Å²) in [6, 6.07) is -2.18. The summed E-state index contributed by atoms with van der Waals surface area (Å²) in [5.74, 6) is -4.73. The maximum atomic E-state index is 12.4. The number of hydroxylamine groups is 4. The lowest BCUT2D eigenvalue weighted by molar-refractivity contribution is -0.199. The van der Waals surface area contributed by atoms with Gasteiger partial charge in [0.2, 0.25) is 11.8 Å². The van der Waals surface area contributed by atoms with Crippen molar-refractivity contribution in [3.8, 4) is 0 Å². The van der Waals surface area contributed by atoms with Crippen LogP contribution in [0.4, 0.5) is 0 Å². The molecule has 0 aromatic heterocycles. The lowest BCUT2D eigenvalue weighted by atomic mass is 10.2. The predicted molar refractivity (Wildman–Crippen MR) is 124 cm³/mol. The summed E-state index contributed by atoms with van der Waals surface area (Å²) >= 11 is 0. The molecule has 0 spiro atoms. The summed E-state index contributed by atoms with van der Waals surface area (Å²) in [6.45, 7) is 2.41. The highest BCUT2D eigenvalue weighted by Crippen LogP contribution is 2.25. The zero-order valence-electron chi connectivity index (χ0n) is 19.6. The molecule has 0 radical (unpaired) electrons. The van der Waals surface area contributed by atoms with Crippen LogP contribution in [0.5, 0.6) is 0 Å². The van der Waals surface area contributed by atoms with E-state index in [1.54, 1.807) is 0 Å². The van der Waals surface area contributed by atoms with Gasteiger partial charge in [0.1, 0.15) is 12.1 Å². The van der Waals surface area contributed by atoms with Crippen molar-refractivity contribution in [2.24, 2.45) is 0 Å². The molecule has 2 N–H and O–H groups in total. The van der Waals surface area contributed by atoms with E-state index >= 15 is 0 Å². The van der Waals surface area contributed by atoms with E-state index in [1.165, 1.54) is 35.4 Å². The second-order valence-corrected chi connectivity index (χ2v) is 10.4. The Kier molecular flexibility index (Phi) is 11.2. The van der Waals surface area contributed by atoms with Crippen molar-refractivity contribution in [1.82, 2.24) is 20.8 Å². The normalized spacial score (nSPS) is 17.2. The Morgan fingerprint density at radius 2 is 1.00 bits per heavy atom. The largest absolute Gasteiger partial charge is 0.355 e. The van der Waals surface area contributed by atoms with E-state index in [-0.39, 0.29) is 38.5 Å². The SMILES string of the molecule is CC(=O)N[C@H](CCSSCC[C@@H](NC(C)=O)C(=O)ON1C(=O)CCC1=O)C(=O)ON1C(=O)CCC1=O. The number of rotatable bonds is 13. The summed E-state index contributed by atoms with van der Waals surface area (Å²) in [5, 5.41) is 5.65. The molecule has 0 aromatic rings. The van der Waals surface area contributed by atoms with E-state index in [9.17, 15) is 38.4 Å². The molecule has 0 unspecified atom stereocenters. The van der Waals surface area contributed by atoms with Gasteiger partial charge < -0.3 is 20.3 Å². The second-order valence-electron chi connectivity index (χ2n) is 7.71. The van der Waals surface area contributed by atoms with Crippen LogP contribution in [0.25, 0.3) is 0 Å². The molecule has 6 amide bonds. The fraction of sp³-hybridized carbons (Fsp3) is 0.600. The number of carbonyl (C=O) groups excluding carboxylic acids is 8. The highest BCUT2D eigenvalue weighted by Gasteiger charge is 2.36.